The minimum Gasteiger partial charge on any atom is -0.494 e. The molecule has 0 aliphatic carbocycles. The molecule has 8 heteroatoms. The molecule has 0 fully saturated rings. The lowest BCUT2D eigenvalue weighted by Crippen LogP contribution is -2.33. The van der Waals surface area contributed by atoms with Crippen LogP contribution in [0.5, 0.6) is 5.75 Å². The number of carboxylic acids is 1. The predicted molar refractivity (Wildman–Crippen MR) is 96.2 cm³/mol. The molecule has 3 N–H and O–H groups in total. The van der Waals surface area contributed by atoms with Crippen molar-refractivity contribution in [2.45, 2.75) is 13.0 Å². The van der Waals surface area contributed by atoms with Crippen molar-refractivity contribution in [1.29, 1.82) is 0 Å². The molecule has 0 radical (unpaired) electrons. The Morgan fingerprint density at radius 3 is 2.72 bits per heavy atom. The Hall–Kier alpha value is -2.71. The Balaban J connectivity index is 2.03. The van der Waals surface area contributed by atoms with Gasteiger partial charge in [0, 0.05) is 10.9 Å². The maximum absolute atomic E-state index is 11.2. The summed E-state index contributed by atoms with van der Waals surface area (Å²) in [5, 5.41) is 23.9. The van der Waals surface area contributed by atoms with Gasteiger partial charge in [0.2, 0.25) is 0 Å². The molecule has 1 aromatic carbocycles. The Bertz CT molecular complexity index is 879. The maximum atomic E-state index is 11.2. The number of thiophene rings is 1. The second kappa shape index (κ2) is 7.45. The zero-order valence-corrected chi connectivity index (χ0v) is 14.3. The van der Waals surface area contributed by atoms with Crippen molar-refractivity contribution < 1.29 is 19.7 Å². The highest BCUT2D eigenvalue weighted by Crippen LogP contribution is 2.37. The molecule has 1 atom stereocenters. The van der Waals surface area contributed by atoms with E-state index >= 15 is 0 Å². The van der Waals surface area contributed by atoms with E-state index in [9.17, 15) is 9.90 Å². The number of aliphatic hydroxyl groups is 1. The van der Waals surface area contributed by atoms with Crippen molar-refractivity contribution in [2.24, 2.45) is 0 Å². The molecular weight excluding hydrogens is 342 g/mol. The van der Waals surface area contributed by atoms with Crippen LogP contribution in [0.25, 0.3) is 21.3 Å². The van der Waals surface area contributed by atoms with E-state index in [1.807, 2.05) is 36.6 Å². The number of aliphatic hydroxyl groups excluding tert-OH is 1. The quantitative estimate of drug-likeness (QED) is 0.595. The molecule has 130 valence electrons. The van der Waals surface area contributed by atoms with Crippen molar-refractivity contribution in [3.63, 3.8) is 0 Å². The van der Waals surface area contributed by atoms with Gasteiger partial charge in [-0.05, 0) is 24.6 Å². The Morgan fingerprint density at radius 1 is 1.32 bits per heavy atom. The first-order valence-corrected chi connectivity index (χ1v) is 8.57. The number of nitrogens with one attached hydrogen (secondary N) is 1. The molecule has 3 rings (SSSR count). The number of rotatable bonds is 7. The van der Waals surface area contributed by atoms with Gasteiger partial charge in [0.15, 0.2) is 0 Å². The van der Waals surface area contributed by atoms with Crippen LogP contribution in [-0.4, -0.2) is 45.4 Å². The van der Waals surface area contributed by atoms with Crippen molar-refractivity contribution in [2.75, 3.05) is 18.5 Å². The largest absolute Gasteiger partial charge is 0.494 e. The molecule has 0 amide bonds. The first-order valence-electron chi connectivity index (χ1n) is 7.69. The zero-order valence-electron chi connectivity index (χ0n) is 13.5. The van der Waals surface area contributed by atoms with E-state index in [-0.39, 0.29) is 0 Å². The predicted octanol–water partition coefficient (Wildman–Crippen LogP) is 2.61. The summed E-state index contributed by atoms with van der Waals surface area (Å²) in [5.74, 6) is 0.0234. The summed E-state index contributed by atoms with van der Waals surface area (Å²) in [7, 11) is 0. The highest BCUT2D eigenvalue weighted by atomic mass is 32.1. The number of carbonyl (C=O) groups is 1. The fraction of sp³-hybridized carbons (Fsp3) is 0.235. The van der Waals surface area contributed by atoms with Crippen LogP contribution in [0.4, 0.5) is 5.82 Å². The number of ether oxygens (including phenoxy) is 1. The SMILES string of the molecule is CCOc1ccc(-c2csc3ncnc(NC(CO)C(=O)O)c23)cc1. The first kappa shape index (κ1) is 17.1. The smallest absolute Gasteiger partial charge is 0.328 e. The molecule has 0 saturated carbocycles. The minimum absolute atomic E-state index is 0.386. The highest BCUT2D eigenvalue weighted by Gasteiger charge is 2.20. The summed E-state index contributed by atoms with van der Waals surface area (Å²) < 4.78 is 5.46. The Labute approximate surface area is 147 Å². The van der Waals surface area contributed by atoms with Gasteiger partial charge in [-0.25, -0.2) is 14.8 Å². The average molecular weight is 359 g/mol. The molecule has 25 heavy (non-hydrogen) atoms. The summed E-state index contributed by atoms with van der Waals surface area (Å²) in [6, 6.07) is 6.50. The van der Waals surface area contributed by atoms with Crippen LogP contribution in [0.1, 0.15) is 6.92 Å². The lowest BCUT2D eigenvalue weighted by molar-refractivity contribution is -0.138. The van der Waals surface area contributed by atoms with Crippen LogP contribution in [-0.2, 0) is 4.79 Å². The van der Waals surface area contributed by atoms with Gasteiger partial charge < -0.3 is 20.3 Å². The van der Waals surface area contributed by atoms with Crippen molar-refractivity contribution in [3.8, 4) is 16.9 Å². The topological polar surface area (TPSA) is 105 Å². The van der Waals surface area contributed by atoms with Crippen LogP contribution in [0.15, 0.2) is 36.0 Å². The van der Waals surface area contributed by atoms with E-state index < -0.39 is 18.6 Å². The van der Waals surface area contributed by atoms with Gasteiger partial charge in [0.1, 0.15) is 28.8 Å². The van der Waals surface area contributed by atoms with E-state index in [0.29, 0.717) is 12.4 Å². The maximum Gasteiger partial charge on any atom is 0.328 e. The lowest BCUT2D eigenvalue weighted by atomic mass is 10.1. The second-order valence-electron chi connectivity index (χ2n) is 5.23. The zero-order chi connectivity index (χ0) is 17.8. The number of hydrogen-bond acceptors (Lipinski definition) is 7. The highest BCUT2D eigenvalue weighted by molar-refractivity contribution is 7.17. The van der Waals surface area contributed by atoms with Crippen LogP contribution in [0.3, 0.4) is 0 Å². The van der Waals surface area contributed by atoms with Crippen molar-refractivity contribution >= 4 is 33.3 Å². The van der Waals surface area contributed by atoms with E-state index in [2.05, 4.69) is 15.3 Å². The van der Waals surface area contributed by atoms with Gasteiger partial charge in [0.25, 0.3) is 0 Å². The number of anilines is 1. The second-order valence-corrected chi connectivity index (χ2v) is 6.09. The number of carboxylic acid groups (broad SMARTS) is 1. The standard InChI is InChI=1S/C17H17N3O4S/c1-2-24-11-5-3-10(4-6-11)12-8-25-16-14(12)15(18-9-19-16)20-13(7-21)17(22)23/h3-6,8-9,13,21H,2,7H2,1H3,(H,22,23)(H,18,19,20). The van der Waals surface area contributed by atoms with Gasteiger partial charge in [-0.2, -0.15) is 0 Å². The Morgan fingerprint density at radius 2 is 2.08 bits per heavy atom. The van der Waals surface area contributed by atoms with Gasteiger partial charge in [-0.1, -0.05) is 12.1 Å². The number of hydrogen-bond donors (Lipinski definition) is 3. The third-order valence-corrected chi connectivity index (χ3v) is 4.52. The average Bonchev–Trinajstić information content (AvgIpc) is 3.05. The van der Waals surface area contributed by atoms with E-state index in [1.165, 1.54) is 17.7 Å². The molecule has 2 heterocycles. The van der Waals surface area contributed by atoms with Gasteiger partial charge >= 0.3 is 5.97 Å². The molecule has 2 aromatic heterocycles. The van der Waals surface area contributed by atoms with Crippen LogP contribution >= 0.6 is 11.3 Å². The first-order chi connectivity index (χ1) is 12.1. The molecule has 3 aromatic rings. The van der Waals surface area contributed by atoms with Gasteiger partial charge in [0.05, 0.1) is 18.6 Å². The molecule has 7 nitrogen and oxygen atoms in total. The molecule has 0 aliphatic rings. The number of aliphatic carboxylic acids is 1. The third kappa shape index (κ3) is 3.54. The van der Waals surface area contributed by atoms with E-state index in [0.717, 1.165) is 27.1 Å². The van der Waals surface area contributed by atoms with Crippen LogP contribution < -0.4 is 10.1 Å². The van der Waals surface area contributed by atoms with E-state index in [4.69, 9.17) is 9.84 Å². The van der Waals surface area contributed by atoms with Crippen LogP contribution in [0, 0.1) is 0 Å². The van der Waals surface area contributed by atoms with Crippen molar-refractivity contribution in [3.05, 3.63) is 36.0 Å². The summed E-state index contributed by atoms with van der Waals surface area (Å²) in [6.07, 6.45) is 1.37. The van der Waals surface area contributed by atoms with E-state index in [1.54, 1.807) is 0 Å². The number of benzene rings is 1. The summed E-state index contributed by atoms with van der Waals surface area (Å²) in [5.41, 5.74) is 1.84. The molecule has 0 saturated heterocycles. The number of fused-ring (bicyclic) bond motifs is 1. The Kier molecular flexibility index (Phi) is 5.11. The molecule has 0 bridgehead atoms. The van der Waals surface area contributed by atoms with Crippen LogP contribution in [0.2, 0.25) is 0 Å². The normalized spacial score (nSPS) is 12.1. The molecule has 0 spiro atoms. The monoisotopic (exact) mass is 359 g/mol. The minimum atomic E-state index is -1.15. The fourth-order valence-corrected chi connectivity index (χ4v) is 3.36. The lowest BCUT2D eigenvalue weighted by Gasteiger charge is -2.13. The van der Waals surface area contributed by atoms with Crippen molar-refractivity contribution in [1.82, 2.24) is 9.97 Å². The third-order valence-electron chi connectivity index (χ3n) is 3.64. The summed E-state index contributed by atoms with van der Waals surface area (Å²) >= 11 is 1.45. The summed E-state index contributed by atoms with van der Waals surface area (Å²) in [6.45, 7) is 1.99. The molecular formula is C17H17N3O4S. The molecule has 1 unspecified atom stereocenters. The number of aromatic nitrogens is 2. The van der Waals surface area contributed by atoms with Gasteiger partial charge in [-0.3, -0.25) is 0 Å². The molecule has 0 aliphatic heterocycles. The fourth-order valence-electron chi connectivity index (χ4n) is 2.44. The number of nitrogens with zero attached hydrogens (tertiary/aromatic N) is 2. The summed E-state index contributed by atoms with van der Waals surface area (Å²) in [4.78, 5) is 20.3. The van der Waals surface area contributed by atoms with Gasteiger partial charge in [-0.15, -0.1) is 11.3 Å².